The lowest BCUT2D eigenvalue weighted by Gasteiger charge is -2.21. The molecule has 4 heteroatoms. The van der Waals surface area contributed by atoms with Gasteiger partial charge in [-0.1, -0.05) is 40.5 Å². The first-order valence-corrected chi connectivity index (χ1v) is 8.13. The zero-order valence-corrected chi connectivity index (χ0v) is 14.4. The van der Waals surface area contributed by atoms with Gasteiger partial charge < -0.3 is 5.32 Å². The van der Waals surface area contributed by atoms with Gasteiger partial charge in [-0.3, -0.25) is 0 Å². The molecule has 0 saturated heterocycles. The van der Waals surface area contributed by atoms with Crippen molar-refractivity contribution in [2.24, 2.45) is 0 Å². The molecule has 0 heterocycles. The molecule has 0 saturated carbocycles. The van der Waals surface area contributed by atoms with E-state index in [0.29, 0.717) is 5.02 Å². The van der Waals surface area contributed by atoms with Crippen LogP contribution in [0.4, 0.5) is 4.39 Å². The summed E-state index contributed by atoms with van der Waals surface area (Å²) < 4.78 is 14.6. The molecule has 1 nitrogen and oxygen atoms in total. The topological polar surface area (TPSA) is 12.0 Å². The molecule has 0 aliphatic carbocycles. The number of hydrogen-bond acceptors (Lipinski definition) is 1. The van der Waals surface area contributed by atoms with E-state index in [1.54, 1.807) is 6.07 Å². The second-order valence-corrected chi connectivity index (χ2v) is 6.44. The van der Waals surface area contributed by atoms with Gasteiger partial charge in [0.15, 0.2) is 0 Å². The highest BCUT2D eigenvalue weighted by atomic mass is 79.9. The molecule has 1 N–H and O–H groups in total. The van der Waals surface area contributed by atoms with Crippen LogP contribution in [0.1, 0.15) is 36.1 Å². The number of aryl methyl sites for hydroxylation is 1. The standard InChI is InChI=1S/C17H18BrClFN/c1-3-6-21-17(12-7-11(2)8-13(18)9-12)15-10-14(20)4-5-16(15)19/h4-5,7-10,17,21H,3,6H2,1-2H3. The van der Waals surface area contributed by atoms with Gasteiger partial charge >= 0.3 is 0 Å². The van der Waals surface area contributed by atoms with Gasteiger partial charge in [-0.15, -0.1) is 0 Å². The van der Waals surface area contributed by atoms with E-state index in [-0.39, 0.29) is 11.9 Å². The number of halogens is 3. The number of benzene rings is 2. The van der Waals surface area contributed by atoms with E-state index in [0.717, 1.165) is 34.1 Å². The van der Waals surface area contributed by atoms with Crippen LogP contribution in [0.2, 0.25) is 5.02 Å². The normalized spacial score (nSPS) is 12.4. The largest absolute Gasteiger partial charge is 0.306 e. The predicted molar refractivity (Wildman–Crippen MR) is 90.4 cm³/mol. The van der Waals surface area contributed by atoms with E-state index >= 15 is 0 Å². The van der Waals surface area contributed by atoms with E-state index in [4.69, 9.17) is 11.6 Å². The lowest BCUT2D eigenvalue weighted by Crippen LogP contribution is -2.23. The molecule has 0 aliphatic heterocycles. The molecular formula is C17H18BrClFN. The Bertz CT molecular complexity index is 610. The second kappa shape index (κ2) is 7.39. The zero-order valence-electron chi connectivity index (χ0n) is 12.1. The molecule has 2 rings (SSSR count). The predicted octanol–water partition coefficient (Wildman–Crippen LogP) is 5.64. The summed E-state index contributed by atoms with van der Waals surface area (Å²) in [6.07, 6.45) is 0.996. The summed E-state index contributed by atoms with van der Waals surface area (Å²) >= 11 is 9.80. The molecule has 21 heavy (non-hydrogen) atoms. The summed E-state index contributed by atoms with van der Waals surface area (Å²) in [5.41, 5.74) is 2.99. The Morgan fingerprint density at radius 2 is 2.00 bits per heavy atom. The van der Waals surface area contributed by atoms with Crippen LogP contribution in [0.5, 0.6) is 0 Å². The van der Waals surface area contributed by atoms with E-state index < -0.39 is 0 Å². The molecule has 0 bridgehead atoms. The summed E-state index contributed by atoms with van der Waals surface area (Å²) in [5.74, 6) is -0.274. The fourth-order valence-electron chi connectivity index (χ4n) is 2.36. The third-order valence-electron chi connectivity index (χ3n) is 3.27. The van der Waals surface area contributed by atoms with Gasteiger partial charge in [0.05, 0.1) is 6.04 Å². The van der Waals surface area contributed by atoms with Crippen molar-refractivity contribution in [2.75, 3.05) is 6.54 Å². The summed E-state index contributed by atoms with van der Waals surface area (Å²) in [6.45, 7) is 4.98. The Kier molecular flexibility index (Phi) is 5.80. The Morgan fingerprint density at radius 1 is 1.24 bits per heavy atom. The van der Waals surface area contributed by atoms with Crippen LogP contribution in [0.25, 0.3) is 0 Å². The second-order valence-electron chi connectivity index (χ2n) is 5.11. The fourth-order valence-corrected chi connectivity index (χ4v) is 3.22. The van der Waals surface area contributed by atoms with Gasteiger partial charge in [-0.2, -0.15) is 0 Å². The fraction of sp³-hybridized carbons (Fsp3) is 0.294. The van der Waals surface area contributed by atoms with Crippen LogP contribution in [0.15, 0.2) is 40.9 Å². The van der Waals surface area contributed by atoms with Crippen LogP contribution in [0.3, 0.4) is 0 Å². The molecule has 0 aliphatic rings. The first-order valence-electron chi connectivity index (χ1n) is 6.96. The average Bonchev–Trinajstić information content (AvgIpc) is 2.42. The number of hydrogen-bond donors (Lipinski definition) is 1. The molecule has 2 aromatic rings. The Balaban J connectivity index is 2.49. The molecule has 0 spiro atoms. The van der Waals surface area contributed by atoms with Gasteiger partial charge in [-0.25, -0.2) is 4.39 Å². The lowest BCUT2D eigenvalue weighted by atomic mass is 9.97. The van der Waals surface area contributed by atoms with Crippen molar-refractivity contribution in [1.29, 1.82) is 0 Å². The highest BCUT2D eigenvalue weighted by molar-refractivity contribution is 9.10. The van der Waals surface area contributed by atoms with Gasteiger partial charge in [0.25, 0.3) is 0 Å². The molecule has 2 aromatic carbocycles. The maximum atomic E-state index is 13.6. The highest BCUT2D eigenvalue weighted by Gasteiger charge is 2.18. The Hall–Kier alpha value is -0.900. The van der Waals surface area contributed by atoms with Crippen LogP contribution >= 0.6 is 27.5 Å². The molecule has 1 unspecified atom stereocenters. The van der Waals surface area contributed by atoms with Crippen molar-refractivity contribution in [1.82, 2.24) is 5.32 Å². The summed E-state index contributed by atoms with van der Waals surface area (Å²) in [4.78, 5) is 0. The van der Waals surface area contributed by atoms with E-state index in [1.807, 2.05) is 19.1 Å². The van der Waals surface area contributed by atoms with E-state index in [9.17, 15) is 4.39 Å². The smallest absolute Gasteiger partial charge is 0.123 e. The van der Waals surface area contributed by atoms with Gasteiger partial charge in [0, 0.05) is 9.50 Å². The SMILES string of the molecule is CCCNC(c1cc(C)cc(Br)c1)c1cc(F)ccc1Cl. The molecule has 1 atom stereocenters. The third-order valence-corrected chi connectivity index (χ3v) is 4.07. The molecule has 0 amide bonds. The molecular weight excluding hydrogens is 353 g/mol. The lowest BCUT2D eigenvalue weighted by molar-refractivity contribution is 0.585. The minimum Gasteiger partial charge on any atom is -0.306 e. The maximum absolute atomic E-state index is 13.6. The van der Waals surface area contributed by atoms with Crippen molar-refractivity contribution in [2.45, 2.75) is 26.3 Å². The van der Waals surface area contributed by atoms with Crippen molar-refractivity contribution in [3.8, 4) is 0 Å². The maximum Gasteiger partial charge on any atom is 0.123 e. The van der Waals surface area contributed by atoms with Crippen molar-refractivity contribution >= 4 is 27.5 Å². The van der Waals surface area contributed by atoms with Gasteiger partial charge in [0.2, 0.25) is 0 Å². The third kappa shape index (κ3) is 4.29. The van der Waals surface area contributed by atoms with Gasteiger partial charge in [-0.05, 0) is 66.9 Å². The quantitative estimate of drug-likeness (QED) is 0.718. The zero-order chi connectivity index (χ0) is 15.4. The average molecular weight is 371 g/mol. The van der Waals surface area contributed by atoms with Crippen molar-refractivity contribution < 1.29 is 4.39 Å². The first kappa shape index (κ1) is 16.5. The van der Waals surface area contributed by atoms with Crippen LogP contribution < -0.4 is 5.32 Å². The minimum atomic E-state index is -0.274. The summed E-state index contributed by atoms with van der Waals surface area (Å²) in [6, 6.07) is 10.6. The molecule has 112 valence electrons. The van der Waals surface area contributed by atoms with Crippen molar-refractivity contribution in [3.05, 3.63) is 68.4 Å². The summed E-state index contributed by atoms with van der Waals surface area (Å²) in [7, 11) is 0. The molecule has 0 fully saturated rings. The minimum absolute atomic E-state index is 0.121. The monoisotopic (exact) mass is 369 g/mol. The van der Waals surface area contributed by atoms with E-state index in [2.05, 4.69) is 34.2 Å². The van der Waals surface area contributed by atoms with Crippen molar-refractivity contribution in [3.63, 3.8) is 0 Å². The Morgan fingerprint density at radius 3 is 2.67 bits per heavy atom. The van der Waals surface area contributed by atoms with Crippen LogP contribution in [-0.4, -0.2) is 6.54 Å². The first-order chi connectivity index (χ1) is 10.0. The van der Waals surface area contributed by atoms with E-state index in [1.165, 1.54) is 12.1 Å². The molecule has 0 aromatic heterocycles. The highest BCUT2D eigenvalue weighted by Crippen LogP contribution is 2.31. The number of nitrogens with one attached hydrogen (secondary N) is 1. The number of rotatable bonds is 5. The molecule has 0 radical (unpaired) electrons. The Labute approximate surface area is 138 Å². The van der Waals surface area contributed by atoms with Gasteiger partial charge in [0.1, 0.15) is 5.82 Å². The van der Waals surface area contributed by atoms with Crippen LogP contribution in [-0.2, 0) is 0 Å². The van der Waals surface area contributed by atoms with Crippen LogP contribution in [0, 0.1) is 12.7 Å². The summed E-state index contributed by atoms with van der Waals surface area (Å²) in [5, 5.41) is 4.02.